The number of aliphatic hydroxyl groups excluding tert-OH is 1. The molecule has 2 aromatic rings. The molecule has 0 spiro atoms. The molecule has 1 atom stereocenters. The van der Waals surface area contributed by atoms with Crippen LogP contribution < -0.4 is 0 Å². The quantitative estimate of drug-likeness (QED) is 0.852. The van der Waals surface area contributed by atoms with Gasteiger partial charge in [0, 0.05) is 24.7 Å². The van der Waals surface area contributed by atoms with Gasteiger partial charge >= 0.3 is 0 Å². The van der Waals surface area contributed by atoms with E-state index >= 15 is 0 Å². The Morgan fingerprint density at radius 3 is 2.62 bits per heavy atom. The normalized spacial score (nSPS) is 12.7. The molecular formula is C13H16N2O. The van der Waals surface area contributed by atoms with Gasteiger partial charge in [0.05, 0.1) is 11.8 Å². The van der Waals surface area contributed by atoms with Crippen LogP contribution in [0.5, 0.6) is 0 Å². The predicted octanol–water partition coefficient (Wildman–Crippen LogP) is 2.01. The van der Waals surface area contributed by atoms with Crippen LogP contribution in [0.4, 0.5) is 0 Å². The van der Waals surface area contributed by atoms with Gasteiger partial charge in [-0.1, -0.05) is 30.3 Å². The Morgan fingerprint density at radius 1 is 1.31 bits per heavy atom. The fourth-order valence-corrected chi connectivity index (χ4v) is 1.75. The minimum absolute atomic E-state index is 0.334. The van der Waals surface area contributed by atoms with Crippen molar-refractivity contribution >= 4 is 0 Å². The van der Waals surface area contributed by atoms with Crippen LogP contribution in [0.15, 0.2) is 36.4 Å². The van der Waals surface area contributed by atoms with Gasteiger partial charge in [-0.3, -0.25) is 4.68 Å². The van der Waals surface area contributed by atoms with E-state index in [1.807, 2.05) is 48.1 Å². The number of benzene rings is 1. The predicted molar refractivity (Wildman–Crippen MR) is 64.0 cm³/mol. The van der Waals surface area contributed by atoms with E-state index in [1.54, 1.807) is 6.92 Å². The van der Waals surface area contributed by atoms with Crippen molar-refractivity contribution in [2.75, 3.05) is 0 Å². The first-order chi connectivity index (χ1) is 7.66. The monoisotopic (exact) mass is 216 g/mol. The van der Waals surface area contributed by atoms with Crippen molar-refractivity contribution in [3.63, 3.8) is 0 Å². The zero-order chi connectivity index (χ0) is 11.5. The van der Waals surface area contributed by atoms with Crippen LogP contribution >= 0.6 is 0 Å². The van der Waals surface area contributed by atoms with Gasteiger partial charge < -0.3 is 5.11 Å². The first-order valence-electron chi connectivity index (χ1n) is 5.43. The van der Waals surface area contributed by atoms with Gasteiger partial charge in [-0.2, -0.15) is 5.10 Å². The second-order valence-electron chi connectivity index (χ2n) is 4.06. The summed E-state index contributed by atoms with van der Waals surface area (Å²) in [5, 5.41) is 13.8. The van der Waals surface area contributed by atoms with Crippen LogP contribution in [0.2, 0.25) is 0 Å². The summed E-state index contributed by atoms with van der Waals surface area (Å²) in [7, 11) is 1.91. The molecule has 0 amide bonds. The highest BCUT2D eigenvalue weighted by Gasteiger charge is 2.08. The van der Waals surface area contributed by atoms with E-state index in [4.69, 9.17) is 0 Å². The molecule has 16 heavy (non-hydrogen) atoms. The molecule has 1 aromatic heterocycles. The van der Waals surface area contributed by atoms with Crippen molar-refractivity contribution in [3.8, 4) is 11.3 Å². The minimum Gasteiger partial charge on any atom is -0.393 e. The second kappa shape index (κ2) is 4.49. The Kier molecular flexibility index (Phi) is 3.06. The molecule has 0 bridgehead atoms. The van der Waals surface area contributed by atoms with E-state index in [0.29, 0.717) is 6.42 Å². The molecule has 0 unspecified atom stereocenters. The summed E-state index contributed by atoms with van der Waals surface area (Å²) in [6.07, 6.45) is 0.301. The van der Waals surface area contributed by atoms with E-state index in [1.165, 1.54) is 0 Å². The summed E-state index contributed by atoms with van der Waals surface area (Å²) in [5.41, 5.74) is 3.11. The molecule has 0 aliphatic carbocycles. The Bertz CT molecular complexity index is 460. The van der Waals surface area contributed by atoms with Crippen LogP contribution in [0.25, 0.3) is 11.3 Å². The number of hydrogen-bond donors (Lipinski definition) is 1. The molecule has 0 saturated carbocycles. The maximum absolute atomic E-state index is 9.37. The Labute approximate surface area is 95.3 Å². The minimum atomic E-state index is -0.334. The zero-order valence-electron chi connectivity index (χ0n) is 9.59. The van der Waals surface area contributed by atoms with E-state index in [2.05, 4.69) is 5.10 Å². The number of rotatable bonds is 3. The first-order valence-corrected chi connectivity index (χ1v) is 5.43. The van der Waals surface area contributed by atoms with Gasteiger partial charge in [-0.15, -0.1) is 0 Å². The third kappa shape index (κ3) is 2.31. The lowest BCUT2D eigenvalue weighted by Gasteiger charge is -2.02. The fraction of sp³-hybridized carbons (Fsp3) is 0.308. The first kappa shape index (κ1) is 10.9. The van der Waals surface area contributed by atoms with Crippen LogP contribution in [0.1, 0.15) is 12.6 Å². The molecule has 1 heterocycles. The van der Waals surface area contributed by atoms with Gasteiger partial charge in [0.15, 0.2) is 0 Å². The number of aliphatic hydroxyl groups is 1. The molecule has 2 rings (SSSR count). The lowest BCUT2D eigenvalue weighted by atomic mass is 10.1. The Morgan fingerprint density at radius 2 is 2.00 bits per heavy atom. The van der Waals surface area contributed by atoms with E-state index < -0.39 is 0 Å². The SMILES string of the molecule is C[C@H](O)Cc1cc(-c2ccccc2)nn1C. The van der Waals surface area contributed by atoms with Crippen LogP contribution in [0, 0.1) is 0 Å². The summed E-state index contributed by atoms with van der Waals surface area (Å²) < 4.78 is 1.83. The topological polar surface area (TPSA) is 38.1 Å². The second-order valence-corrected chi connectivity index (χ2v) is 4.06. The lowest BCUT2D eigenvalue weighted by molar-refractivity contribution is 0.193. The Hall–Kier alpha value is -1.61. The average Bonchev–Trinajstić information content (AvgIpc) is 2.61. The summed E-state index contributed by atoms with van der Waals surface area (Å²) in [5.74, 6) is 0. The van der Waals surface area contributed by atoms with Crippen molar-refractivity contribution in [3.05, 3.63) is 42.1 Å². The number of aromatic nitrogens is 2. The van der Waals surface area contributed by atoms with Gasteiger partial charge in [0.2, 0.25) is 0 Å². The highest BCUT2D eigenvalue weighted by atomic mass is 16.3. The molecule has 0 saturated heterocycles. The van der Waals surface area contributed by atoms with Crippen molar-refractivity contribution in [1.29, 1.82) is 0 Å². The van der Waals surface area contributed by atoms with Crippen molar-refractivity contribution < 1.29 is 5.11 Å². The van der Waals surface area contributed by atoms with Crippen LogP contribution in [-0.4, -0.2) is 21.0 Å². The van der Waals surface area contributed by atoms with E-state index in [0.717, 1.165) is 17.0 Å². The smallest absolute Gasteiger partial charge is 0.0925 e. The molecule has 84 valence electrons. The highest BCUT2D eigenvalue weighted by molar-refractivity contribution is 5.59. The number of nitrogens with zero attached hydrogens (tertiary/aromatic N) is 2. The zero-order valence-corrected chi connectivity index (χ0v) is 9.59. The Balaban J connectivity index is 2.31. The van der Waals surface area contributed by atoms with E-state index in [-0.39, 0.29) is 6.10 Å². The summed E-state index contributed by atoms with van der Waals surface area (Å²) in [4.78, 5) is 0. The number of aryl methyl sites for hydroxylation is 1. The summed E-state index contributed by atoms with van der Waals surface area (Å²) in [6.45, 7) is 1.79. The number of hydrogen-bond acceptors (Lipinski definition) is 2. The molecular weight excluding hydrogens is 200 g/mol. The van der Waals surface area contributed by atoms with Gasteiger partial charge in [-0.25, -0.2) is 0 Å². The van der Waals surface area contributed by atoms with Gasteiger partial charge in [0.25, 0.3) is 0 Å². The van der Waals surface area contributed by atoms with Gasteiger partial charge in [0.1, 0.15) is 0 Å². The summed E-state index contributed by atoms with van der Waals surface area (Å²) in [6, 6.07) is 12.1. The molecule has 3 heteroatoms. The van der Waals surface area contributed by atoms with Gasteiger partial charge in [-0.05, 0) is 13.0 Å². The highest BCUT2D eigenvalue weighted by Crippen LogP contribution is 2.18. The molecule has 1 N–H and O–H groups in total. The molecule has 0 fully saturated rings. The summed E-state index contributed by atoms with van der Waals surface area (Å²) >= 11 is 0. The maximum atomic E-state index is 9.37. The average molecular weight is 216 g/mol. The lowest BCUT2D eigenvalue weighted by Crippen LogP contribution is -2.08. The van der Waals surface area contributed by atoms with Crippen LogP contribution in [-0.2, 0) is 13.5 Å². The fourth-order valence-electron chi connectivity index (χ4n) is 1.75. The maximum Gasteiger partial charge on any atom is 0.0925 e. The van der Waals surface area contributed by atoms with Crippen molar-refractivity contribution in [2.24, 2.45) is 7.05 Å². The third-order valence-electron chi connectivity index (χ3n) is 2.55. The van der Waals surface area contributed by atoms with Crippen LogP contribution in [0.3, 0.4) is 0 Å². The molecule has 0 radical (unpaired) electrons. The molecule has 1 aromatic carbocycles. The van der Waals surface area contributed by atoms with Crippen molar-refractivity contribution in [1.82, 2.24) is 9.78 Å². The standard InChI is InChI=1S/C13H16N2O/c1-10(16)8-12-9-13(14-15(12)2)11-6-4-3-5-7-11/h3-7,9-10,16H,8H2,1-2H3/t10-/m0/s1. The largest absolute Gasteiger partial charge is 0.393 e. The van der Waals surface area contributed by atoms with Crippen molar-refractivity contribution in [2.45, 2.75) is 19.4 Å². The molecule has 0 aliphatic heterocycles. The molecule has 0 aliphatic rings. The third-order valence-corrected chi connectivity index (χ3v) is 2.55. The van der Waals surface area contributed by atoms with E-state index in [9.17, 15) is 5.11 Å². The molecule has 3 nitrogen and oxygen atoms in total.